The van der Waals surface area contributed by atoms with Crippen molar-refractivity contribution < 1.29 is 14.3 Å². The predicted molar refractivity (Wildman–Crippen MR) is 83.0 cm³/mol. The smallest absolute Gasteiger partial charge is 0.413 e. The molecule has 0 spiro atoms. The number of benzene rings is 1. The third-order valence-electron chi connectivity index (χ3n) is 3.20. The number of nitrogens with one attached hydrogen (secondary N) is 2. The van der Waals surface area contributed by atoms with Gasteiger partial charge in [-0.3, -0.25) is 10.1 Å². The molecule has 0 bridgehead atoms. The predicted octanol–water partition coefficient (Wildman–Crippen LogP) is 2.57. The fourth-order valence-electron chi connectivity index (χ4n) is 2.14. The van der Waals surface area contributed by atoms with Gasteiger partial charge in [0.1, 0.15) is 11.5 Å². The van der Waals surface area contributed by atoms with E-state index in [1.54, 1.807) is 0 Å². The van der Waals surface area contributed by atoms with E-state index >= 15 is 0 Å². The summed E-state index contributed by atoms with van der Waals surface area (Å²) in [7, 11) is 0. The summed E-state index contributed by atoms with van der Waals surface area (Å²) in [5, 5.41) is 5.77. The van der Waals surface area contributed by atoms with Crippen molar-refractivity contribution in [1.82, 2.24) is 10.3 Å². The van der Waals surface area contributed by atoms with Gasteiger partial charge in [-0.15, -0.1) is 0 Å². The number of hydrogen-bond donors (Lipinski definition) is 2. The van der Waals surface area contributed by atoms with Gasteiger partial charge >= 0.3 is 6.09 Å². The Morgan fingerprint density at radius 3 is 3.00 bits per heavy atom. The van der Waals surface area contributed by atoms with Gasteiger partial charge in [-0.05, 0) is 18.4 Å². The summed E-state index contributed by atoms with van der Waals surface area (Å²) in [6.45, 7) is 0.849. The number of nitrogens with zero attached hydrogens (tertiary/aromatic N) is 1. The quantitative estimate of drug-likeness (QED) is 0.912. The summed E-state index contributed by atoms with van der Waals surface area (Å²) >= 11 is 1.17. The standard InChI is InChI=1S/C15H15N3O3S/c19-13-12-11(7-4-8-16-13)17-14(22-12)18-15(20)21-9-10-5-2-1-3-6-10/h1-3,5-6H,4,7-9H2,(H,16,19)(H,17,18,20). The van der Waals surface area contributed by atoms with Crippen LogP contribution < -0.4 is 10.6 Å². The lowest BCUT2D eigenvalue weighted by Crippen LogP contribution is -2.21. The molecular weight excluding hydrogens is 302 g/mol. The Hall–Kier alpha value is -2.41. The Morgan fingerprint density at radius 2 is 2.18 bits per heavy atom. The Morgan fingerprint density at radius 1 is 1.36 bits per heavy atom. The number of aromatic nitrogens is 1. The fourth-order valence-corrected chi connectivity index (χ4v) is 3.05. The van der Waals surface area contributed by atoms with Crippen molar-refractivity contribution in [1.29, 1.82) is 0 Å². The zero-order valence-corrected chi connectivity index (χ0v) is 12.6. The largest absolute Gasteiger partial charge is 0.444 e. The molecule has 0 saturated carbocycles. The van der Waals surface area contributed by atoms with Crippen LogP contribution in [0.2, 0.25) is 0 Å². The molecule has 3 rings (SSSR count). The zero-order valence-electron chi connectivity index (χ0n) is 11.8. The van der Waals surface area contributed by atoms with E-state index in [2.05, 4.69) is 15.6 Å². The molecule has 1 aliphatic heterocycles. The van der Waals surface area contributed by atoms with Gasteiger partial charge in [-0.1, -0.05) is 41.7 Å². The lowest BCUT2D eigenvalue weighted by molar-refractivity contribution is 0.0959. The van der Waals surface area contributed by atoms with Crippen molar-refractivity contribution in [3.63, 3.8) is 0 Å². The number of anilines is 1. The Bertz CT molecular complexity index is 685. The molecule has 22 heavy (non-hydrogen) atoms. The number of carbonyl (C=O) groups excluding carboxylic acids is 2. The van der Waals surface area contributed by atoms with Crippen LogP contribution in [0, 0.1) is 0 Å². The van der Waals surface area contributed by atoms with Gasteiger partial charge in [0.05, 0.1) is 5.69 Å². The average molecular weight is 317 g/mol. The SMILES string of the molecule is O=C(Nc1nc2c(s1)C(=O)NCCC2)OCc1ccccc1. The summed E-state index contributed by atoms with van der Waals surface area (Å²) in [4.78, 5) is 28.5. The van der Waals surface area contributed by atoms with Crippen LogP contribution in [0.3, 0.4) is 0 Å². The molecule has 0 atom stereocenters. The summed E-state index contributed by atoms with van der Waals surface area (Å²) in [5.41, 5.74) is 1.64. The molecule has 7 heteroatoms. The van der Waals surface area contributed by atoms with E-state index in [1.165, 1.54) is 11.3 Å². The summed E-state index contributed by atoms with van der Waals surface area (Å²) in [5.74, 6) is -0.129. The van der Waals surface area contributed by atoms with E-state index in [9.17, 15) is 9.59 Å². The number of thiazole rings is 1. The number of hydrogen-bond acceptors (Lipinski definition) is 5. The van der Waals surface area contributed by atoms with Crippen molar-refractivity contribution >= 4 is 28.5 Å². The molecule has 2 aromatic rings. The monoisotopic (exact) mass is 317 g/mol. The summed E-state index contributed by atoms with van der Waals surface area (Å²) in [6, 6.07) is 9.42. The van der Waals surface area contributed by atoms with Crippen LogP contribution in [-0.4, -0.2) is 23.5 Å². The van der Waals surface area contributed by atoms with Crippen LogP contribution in [0.15, 0.2) is 30.3 Å². The molecule has 2 N–H and O–H groups in total. The number of rotatable bonds is 3. The van der Waals surface area contributed by atoms with Gasteiger partial charge in [-0.25, -0.2) is 9.78 Å². The maximum atomic E-state index is 11.8. The molecule has 0 unspecified atom stereocenters. The minimum Gasteiger partial charge on any atom is -0.444 e. The summed E-state index contributed by atoms with van der Waals surface area (Å²) < 4.78 is 5.13. The molecule has 2 amide bonds. The molecule has 0 saturated heterocycles. The van der Waals surface area contributed by atoms with Crippen molar-refractivity contribution in [3.8, 4) is 0 Å². The highest BCUT2D eigenvalue weighted by atomic mass is 32.1. The Balaban J connectivity index is 1.60. The van der Waals surface area contributed by atoms with Crippen LogP contribution in [-0.2, 0) is 17.8 Å². The highest BCUT2D eigenvalue weighted by Gasteiger charge is 2.21. The molecular formula is C15H15N3O3S. The zero-order chi connectivity index (χ0) is 15.4. The van der Waals surface area contributed by atoms with Gasteiger partial charge in [0.15, 0.2) is 5.13 Å². The first-order valence-corrected chi connectivity index (χ1v) is 7.79. The second-order valence-electron chi connectivity index (χ2n) is 4.84. The minimum absolute atomic E-state index is 0.129. The van der Waals surface area contributed by atoms with Crippen LogP contribution in [0.25, 0.3) is 0 Å². The van der Waals surface area contributed by atoms with Gasteiger partial charge in [0, 0.05) is 6.54 Å². The Labute approximate surface area is 131 Å². The van der Waals surface area contributed by atoms with Crippen LogP contribution in [0.1, 0.15) is 27.3 Å². The third-order valence-corrected chi connectivity index (χ3v) is 4.21. The third kappa shape index (κ3) is 3.43. The van der Waals surface area contributed by atoms with Gasteiger partial charge < -0.3 is 10.1 Å². The first kappa shape index (κ1) is 14.5. The van der Waals surface area contributed by atoms with E-state index in [-0.39, 0.29) is 12.5 Å². The van der Waals surface area contributed by atoms with Crippen molar-refractivity contribution in [2.24, 2.45) is 0 Å². The lowest BCUT2D eigenvalue weighted by Gasteiger charge is -2.04. The average Bonchev–Trinajstić information content (AvgIpc) is 2.85. The second kappa shape index (κ2) is 6.57. The first-order chi connectivity index (χ1) is 10.7. The van der Waals surface area contributed by atoms with E-state index in [1.807, 2.05) is 30.3 Å². The molecule has 6 nitrogen and oxygen atoms in total. The fraction of sp³-hybridized carbons (Fsp3) is 0.267. The number of fused-ring (bicyclic) bond motifs is 1. The van der Waals surface area contributed by atoms with Gasteiger partial charge in [0.2, 0.25) is 0 Å². The van der Waals surface area contributed by atoms with Crippen LogP contribution >= 0.6 is 11.3 Å². The van der Waals surface area contributed by atoms with E-state index in [4.69, 9.17) is 4.74 Å². The van der Waals surface area contributed by atoms with Crippen LogP contribution in [0.5, 0.6) is 0 Å². The van der Waals surface area contributed by atoms with E-state index < -0.39 is 6.09 Å². The molecule has 0 fully saturated rings. The molecule has 114 valence electrons. The number of carbonyl (C=O) groups is 2. The van der Waals surface area contributed by atoms with E-state index in [0.717, 1.165) is 24.1 Å². The molecule has 1 aliphatic rings. The second-order valence-corrected chi connectivity index (χ2v) is 5.84. The highest BCUT2D eigenvalue weighted by molar-refractivity contribution is 7.17. The maximum absolute atomic E-state index is 11.8. The highest BCUT2D eigenvalue weighted by Crippen LogP contribution is 2.25. The molecule has 0 aliphatic carbocycles. The van der Waals surface area contributed by atoms with Crippen molar-refractivity contribution in [3.05, 3.63) is 46.5 Å². The molecule has 0 radical (unpaired) electrons. The van der Waals surface area contributed by atoms with E-state index in [0.29, 0.717) is 16.6 Å². The number of ether oxygens (including phenoxy) is 1. The topological polar surface area (TPSA) is 80.3 Å². The molecule has 2 heterocycles. The molecule has 1 aromatic heterocycles. The number of aryl methyl sites for hydroxylation is 1. The van der Waals surface area contributed by atoms with Gasteiger partial charge in [0.25, 0.3) is 5.91 Å². The van der Waals surface area contributed by atoms with Crippen molar-refractivity contribution in [2.75, 3.05) is 11.9 Å². The first-order valence-electron chi connectivity index (χ1n) is 6.98. The lowest BCUT2D eigenvalue weighted by atomic mass is 10.2. The van der Waals surface area contributed by atoms with Crippen molar-refractivity contribution in [2.45, 2.75) is 19.4 Å². The molecule has 1 aromatic carbocycles. The number of amides is 2. The Kier molecular flexibility index (Phi) is 4.34. The van der Waals surface area contributed by atoms with Crippen LogP contribution in [0.4, 0.5) is 9.93 Å². The van der Waals surface area contributed by atoms with Gasteiger partial charge in [-0.2, -0.15) is 0 Å². The maximum Gasteiger partial charge on any atom is 0.413 e. The minimum atomic E-state index is -0.576. The summed E-state index contributed by atoms with van der Waals surface area (Å²) in [6.07, 6.45) is 0.999. The normalized spacial score (nSPS) is 13.7.